The second-order valence-electron chi connectivity index (χ2n) is 5.27. The van der Waals surface area contributed by atoms with Crippen LogP contribution in [0.2, 0.25) is 0 Å². The highest BCUT2D eigenvalue weighted by molar-refractivity contribution is 9.10. The Balaban J connectivity index is 2.07. The first-order chi connectivity index (χ1) is 8.51. The van der Waals surface area contributed by atoms with Crippen molar-refractivity contribution in [3.8, 4) is 0 Å². The molecule has 4 heteroatoms. The van der Waals surface area contributed by atoms with Gasteiger partial charge in [-0.1, -0.05) is 34.1 Å². The maximum Gasteiger partial charge on any atom is 0.310 e. The molecule has 18 heavy (non-hydrogen) atoms. The maximum absolute atomic E-state index is 11.3. The lowest BCUT2D eigenvalue weighted by Gasteiger charge is -2.37. The Morgan fingerprint density at radius 1 is 1.50 bits per heavy atom. The van der Waals surface area contributed by atoms with E-state index in [9.17, 15) is 9.90 Å². The molecule has 1 saturated heterocycles. The van der Waals surface area contributed by atoms with Gasteiger partial charge in [-0.2, -0.15) is 0 Å². The van der Waals surface area contributed by atoms with Crippen LogP contribution in [0.25, 0.3) is 0 Å². The van der Waals surface area contributed by atoms with E-state index in [1.54, 1.807) is 0 Å². The SMILES string of the molecule is CC1(C(=O)O)CCCN(Cc2ccccc2Br)C1. The van der Waals surface area contributed by atoms with E-state index in [0.29, 0.717) is 6.54 Å². The molecule has 1 unspecified atom stereocenters. The molecule has 3 nitrogen and oxygen atoms in total. The molecule has 1 heterocycles. The number of halogens is 1. The highest BCUT2D eigenvalue weighted by Crippen LogP contribution is 2.31. The molecule has 0 radical (unpaired) electrons. The molecule has 1 fully saturated rings. The third-order valence-electron chi connectivity index (χ3n) is 3.64. The number of benzene rings is 1. The van der Waals surface area contributed by atoms with E-state index in [4.69, 9.17) is 0 Å². The summed E-state index contributed by atoms with van der Waals surface area (Å²) in [5.41, 5.74) is 0.617. The number of hydrogen-bond donors (Lipinski definition) is 1. The molecule has 0 aromatic heterocycles. The van der Waals surface area contributed by atoms with Crippen molar-refractivity contribution in [3.05, 3.63) is 34.3 Å². The highest BCUT2D eigenvalue weighted by Gasteiger charge is 2.37. The molecule has 1 N–H and O–H groups in total. The first kappa shape index (κ1) is 13.6. The Morgan fingerprint density at radius 2 is 2.22 bits per heavy atom. The number of piperidine rings is 1. The second-order valence-corrected chi connectivity index (χ2v) is 6.13. The number of carbonyl (C=O) groups is 1. The molecule has 0 bridgehead atoms. The summed E-state index contributed by atoms with van der Waals surface area (Å²) in [5, 5.41) is 9.30. The van der Waals surface area contributed by atoms with Crippen molar-refractivity contribution in [3.63, 3.8) is 0 Å². The van der Waals surface area contributed by atoms with E-state index >= 15 is 0 Å². The van der Waals surface area contributed by atoms with Gasteiger partial charge in [0, 0.05) is 17.6 Å². The monoisotopic (exact) mass is 311 g/mol. The highest BCUT2D eigenvalue weighted by atomic mass is 79.9. The van der Waals surface area contributed by atoms with Crippen LogP contribution in [0, 0.1) is 5.41 Å². The van der Waals surface area contributed by atoms with Gasteiger partial charge in [-0.05, 0) is 37.9 Å². The molecule has 1 aromatic carbocycles. The number of nitrogens with zero attached hydrogens (tertiary/aromatic N) is 1. The Hall–Kier alpha value is -0.870. The Bertz CT molecular complexity index is 449. The van der Waals surface area contributed by atoms with E-state index in [0.717, 1.165) is 30.4 Å². The standard InChI is InChI=1S/C14H18BrNO2/c1-14(13(17)18)7-4-8-16(10-14)9-11-5-2-3-6-12(11)15/h2-3,5-6H,4,7-10H2,1H3,(H,17,18). The summed E-state index contributed by atoms with van der Waals surface area (Å²) in [5.74, 6) is -0.681. The minimum absolute atomic E-state index is 0.598. The van der Waals surface area contributed by atoms with Gasteiger partial charge in [0.05, 0.1) is 5.41 Å². The van der Waals surface area contributed by atoms with Gasteiger partial charge in [0.1, 0.15) is 0 Å². The van der Waals surface area contributed by atoms with Gasteiger partial charge in [0.2, 0.25) is 0 Å². The van der Waals surface area contributed by atoms with Gasteiger partial charge in [-0.25, -0.2) is 0 Å². The van der Waals surface area contributed by atoms with E-state index < -0.39 is 11.4 Å². The van der Waals surface area contributed by atoms with Crippen LogP contribution in [-0.4, -0.2) is 29.1 Å². The summed E-state index contributed by atoms with van der Waals surface area (Å²) in [6.45, 7) is 4.26. The van der Waals surface area contributed by atoms with E-state index in [1.165, 1.54) is 5.56 Å². The smallest absolute Gasteiger partial charge is 0.310 e. The zero-order valence-corrected chi connectivity index (χ0v) is 12.1. The van der Waals surface area contributed by atoms with Crippen LogP contribution in [-0.2, 0) is 11.3 Å². The molecule has 98 valence electrons. The molecule has 0 spiro atoms. The Kier molecular flexibility index (Phi) is 4.07. The molecule has 0 saturated carbocycles. The Labute approximate surface area is 116 Å². The number of likely N-dealkylation sites (tertiary alicyclic amines) is 1. The lowest BCUT2D eigenvalue weighted by Crippen LogP contribution is -2.45. The van der Waals surface area contributed by atoms with E-state index in [2.05, 4.69) is 26.9 Å². The van der Waals surface area contributed by atoms with Crippen LogP contribution >= 0.6 is 15.9 Å². The van der Waals surface area contributed by atoms with Crippen LogP contribution in [0.3, 0.4) is 0 Å². The quantitative estimate of drug-likeness (QED) is 0.932. The molecule has 1 aromatic rings. The number of rotatable bonds is 3. The number of carboxylic acid groups (broad SMARTS) is 1. The number of aliphatic carboxylic acids is 1. The molecule has 2 rings (SSSR count). The lowest BCUT2D eigenvalue weighted by molar-refractivity contribution is -0.151. The second kappa shape index (κ2) is 5.41. The van der Waals surface area contributed by atoms with Crippen molar-refractivity contribution in [2.75, 3.05) is 13.1 Å². The molecule has 0 amide bonds. The van der Waals surface area contributed by atoms with Crippen LogP contribution in [0.1, 0.15) is 25.3 Å². The summed E-state index contributed by atoms with van der Waals surface area (Å²) in [4.78, 5) is 13.5. The normalized spacial score (nSPS) is 25.0. The first-order valence-corrected chi connectivity index (χ1v) is 7.00. The van der Waals surface area contributed by atoms with Crippen LogP contribution < -0.4 is 0 Å². The zero-order valence-electron chi connectivity index (χ0n) is 10.5. The average molecular weight is 312 g/mol. The largest absolute Gasteiger partial charge is 0.481 e. The predicted molar refractivity (Wildman–Crippen MR) is 74.4 cm³/mol. The van der Waals surface area contributed by atoms with Gasteiger partial charge in [0.25, 0.3) is 0 Å². The number of carboxylic acids is 1. The molecular weight excluding hydrogens is 294 g/mol. The first-order valence-electron chi connectivity index (χ1n) is 6.20. The van der Waals surface area contributed by atoms with Crippen LogP contribution in [0.4, 0.5) is 0 Å². The minimum Gasteiger partial charge on any atom is -0.481 e. The van der Waals surface area contributed by atoms with Gasteiger partial charge in [0.15, 0.2) is 0 Å². The van der Waals surface area contributed by atoms with Gasteiger partial charge in [-0.3, -0.25) is 9.69 Å². The van der Waals surface area contributed by atoms with Crippen molar-refractivity contribution < 1.29 is 9.90 Å². The summed E-state index contributed by atoms with van der Waals surface area (Å²) in [6.07, 6.45) is 1.72. The van der Waals surface area contributed by atoms with Crippen molar-refractivity contribution in [1.29, 1.82) is 0 Å². The molecule has 1 aliphatic heterocycles. The van der Waals surface area contributed by atoms with Crippen LogP contribution in [0.15, 0.2) is 28.7 Å². The van der Waals surface area contributed by atoms with Crippen molar-refractivity contribution in [1.82, 2.24) is 4.90 Å². The third kappa shape index (κ3) is 2.93. The van der Waals surface area contributed by atoms with Gasteiger partial charge < -0.3 is 5.11 Å². The topological polar surface area (TPSA) is 40.5 Å². The fourth-order valence-electron chi connectivity index (χ4n) is 2.52. The lowest BCUT2D eigenvalue weighted by atomic mass is 9.82. The van der Waals surface area contributed by atoms with Crippen molar-refractivity contribution in [2.24, 2.45) is 5.41 Å². The van der Waals surface area contributed by atoms with Crippen molar-refractivity contribution in [2.45, 2.75) is 26.3 Å². The molecule has 1 aliphatic rings. The summed E-state index contributed by atoms with van der Waals surface area (Å²) in [7, 11) is 0. The van der Waals surface area contributed by atoms with Gasteiger partial charge in [-0.15, -0.1) is 0 Å². The fourth-order valence-corrected chi connectivity index (χ4v) is 2.93. The molecular formula is C14H18BrNO2. The summed E-state index contributed by atoms with van der Waals surface area (Å²) >= 11 is 3.54. The number of hydrogen-bond acceptors (Lipinski definition) is 2. The molecule has 1 atom stereocenters. The molecule has 0 aliphatic carbocycles. The third-order valence-corrected chi connectivity index (χ3v) is 4.42. The maximum atomic E-state index is 11.3. The fraction of sp³-hybridized carbons (Fsp3) is 0.500. The van der Waals surface area contributed by atoms with Gasteiger partial charge >= 0.3 is 5.97 Å². The zero-order chi connectivity index (χ0) is 13.2. The van der Waals surface area contributed by atoms with Crippen LogP contribution in [0.5, 0.6) is 0 Å². The average Bonchev–Trinajstić information content (AvgIpc) is 2.32. The van der Waals surface area contributed by atoms with Crippen molar-refractivity contribution >= 4 is 21.9 Å². The van der Waals surface area contributed by atoms with E-state index in [1.807, 2.05) is 25.1 Å². The Morgan fingerprint density at radius 3 is 2.89 bits per heavy atom. The summed E-state index contributed by atoms with van der Waals surface area (Å²) < 4.78 is 1.09. The minimum atomic E-state index is -0.681. The summed E-state index contributed by atoms with van der Waals surface area (Å²) in [6, 6.07) is 8.11. The predicted octanol–water partition coefficient (Wildman–Crippen LogP) is 3.14. The van der Waals surface area contributed by atoms with E-state index in [-0.39, 0.29) is 0 Å².